The average Bonchev–Trinajstić information content (AvgIpc) is 2.90. The van der Waals surface area contributed by atoms with Gasteiger partial charge in [-0.25, -0.2) is 0 Å². The first kappa shape index (κ1) is 24.3. The minimum atomic E-state index is -1.15. The van der Waals surface area contributed by atoms with Crippen LogP contribution in [0, 0.1) is 0 Å². The predicted octanol–water partition coefficient (Wildman–Crippen LogP) is 3.50. The summed E-state index contributed by atoms with van der Waals surface area (Å²) in [5.74, 6) is 0.581. The minimum Gasteiger partial charge on any atom is -0.425 e. The maximum Gasteiger partial charge on any atom is 0.322 e. The van der Waals surface area contributed by atoms with Gasteiger partial charge in [0.2, 0.25) is 17.2 Å². The summed E-state index contributed by atoms with van der Waals surface area (Å²) in [5.41, 5.74) is 0.482. The first-order chi connectivity index (χ1) is 18.0. The molecule has 0 fully saturated rings. The van der Waals surface area contributed by atoms with Crippen LogP contribution >= 0.6 is 11.6 Å². The van der Waals surface area contributed by atoms with Crippen LogP contribution in [-0.2, 0) is 9.53 Å². The van der Waals surface area contributed by atoms with E-state index in [1.54, 1.807) is 12.1 Å². The Morgan fingerprint density at radius 2 is 1.89 bits per heavy atom. The molecule has 2 atom stereocenters. The Balaban J connectivity index is 1.53. The van der Waals surface area contributed by atoms with E-state index in [-0.39, 0.29) is 17.2 Å². The quantitative estimate of drug-likeness (QED) is 0.336. The fraction of sp³-hybridized carbons (Fsp3) is 0.240. The van der Waals surface area contributed by atoms with Crippen molar-refractivity contribution in [3.8, 4) is 0 Å². The molecular formula is C25H24ClN9O2. The van der Waals surface area contributed by atoms with E-state index >= 15 is 0 Å². The molecule has 1 aliphatic carbocycles. The van der Waals surface area contributed by atoms with E-state index in [1.807, 2.05) is 67.3 Å². The standard InChI is InChI=1S/C25H24ClN9O2/c1-3-35(4-2)24-29-22(26)28-23(30-24)32-25(31-20-11-13-27-34-33-20)12-10-17-14-18(16-8-6-5-7-9-16)21(36)37-19(17)15-25/h5-15,18H,3-4H2,1-2H3,(H,27,31,33)(H,28,29,30,32). The second-order valence-electron chi connectivity index (χ2n) is 8.30. The summed E-state index contributed by atoms with van der Waals surface area (Å²) in [5, 5.41) is 18.0. The van der Waals surface area contributed by atoms with Crippen molar-refractivity contribution >= 4 is 35.3 Å². The van der Waals surface area contributed by atoms with Crippen LogP contribution in [-0.4, -0.2) is 55.1 Å². The lowest BCUT2D eigenvalue weighted by molar-refractivity contribution is -0.140. The Kier molecular flexibility index (Phi) is 6.78. The topological polar surface area (TPSA) is 131 Å². The highest BCUT2D eigenvalue weighted by Gasteiger charge is 2.36. The largest absolute Gasteiger partial charge is 0.425 e. The van der Waals surface area contributed by atoms with Gasteiger partial charge in [0.05, 0.1) is 6.20 Å². The van der Waals surface area contributed by atoms with E-state index in [0.717, 1.165) is 11.1 Å². The van der Waals surface area contributed by atoms with Crippen molar-refractivity contribution in [3.05, 3.63) is 89.1 Å². The number of carbonyl (C=O) groups excluding carboxylic acids is 1. The van der Waals surface area contributed by atoms with Gasteiger partial charge in [0.1, 0.15) is 11.7 Å². The first-order valence-corrected chi connectivity index (χ1v) is 12.1. The van der Waals surface area contributed by atoms with E-state index in [4.69, 9.17) is 16.3 Å². The van der Waals surface area contributed by atoms with Crippen molar-refractivity contribution in [2.24, 2.45) is 0 Å². The number of hydrogen-bond acceptors (Lipinski definition) is 11. The Morgan fingerprint density at radius 1 is 1.08 bits per heavy atom. The third-order valence-electron chi connectivity index (χ3n) is 5.94. The van der Waals surface area contributed by atoms with Crippen LogP contribution in [0.5, 0.6) is 0 Å². The second kappa shape index (κ2) is 10.3. The first-order valence-electron chi connectivity index (χ1n) is 11.8. The lowest BCUT2D eigenvalue weighted by Crippen LogP contribution is -2.45. The summed E-state index contributed by atoms with van der Waals surface area (Å²) in [6, 6.07) is 11.2. The van der Waals surface area contributed by atoms with E-state index in [0.29, 0.717) is 30.6 Å². The molecule has 1 aliphatic heterocycles. The normalized spacial score (nSPS) is 20.3. The van der Waals surface area contributed by atoms with Crippen molar-refractivity contribution in [2.45, 2.75) is 25.4 Å². The molecule has 3 heterocycles. The van der Waals surface area contributed by atoms with Gasteiger partial charge in [-0.3, -0.25) is 4.79 Å². The summed E-state index contributed by atoms with van der Waals surface area (Å²) < 4.78 is 5.80. The van der Waals surface area contributed by atoms with Gasteiger partial charge in [-0.1, -0.05) is 42.5 Å². The van der Waals surface area contributed by atoms with Gasteiger partial charge in [0, 0.05) is 30.8 Å². The molecule has 2 aliphatic rings. The number of allylic oxidation sites excluding steroid dienone is 1. The van der Waals surface area contributed by atoms with Crippen molar-refractivity contribution in [2.75, 3.05) is 28.6 Å². The van der Waals surface area contributed by atoms with E-state index in [1.165, 1.54) is 6.20 Å². The fourth-order valence-electron chi connectivity index (χ4n) is 4.11. The number of halogens is 1. The van der Waals surface area contributed by atoms with E-state index in [2.05, 4.69) is 41.0 Å². The minimum absolute atomic E-state index is 0.0427. The molecule has 3 aromatic rings. The highest BCUT2D eigenvalue weighted by atomic mass is 35.5. The third-order valence-corrected chi connectivity index (χ3v) is 6.11. The van der Waals surface area contributed by atoms with Crippen molar-refractivity contribution in [1.29, 1.82) is 0 Å². The number of benzene rings is 1. The Hall–Kier alpha value is -4.38. The molecule has 0 amide bonds. The Bertz CT molecular complexity index is 1380. The van der Waals surface area contributed by atoms with Gasteiger partial charge in [-0.2, -0.15) is 15.0 Å². The molecule has 2 N–H and O–H groups in total. The molecule has 2 aromatic heterocycles. The van der Waals surface area contributed by atoms with Crippen LogP contribution in [0.1, 0.15) is 25.3 Å². The lowest BCUT2D eigenvalue weighted by atomic mass is 9.90. The Labute approximate surface area is 218 Å². The molecule has 2 unspecified atom stereocenters. The number of anilines is 3. The van der Waals surface area contributed by atoms with Crippen LogP contribution < -0.4 is 15.5 Å². The smallest absolute Gasteiger partial charge is 0.322 e. The molecule has 0 saturated carbocycles. The van der Waals surface area contributed by atoms with Gasteiger partial charge in [0.25, 0.3) is 0 Å². The SMILES string of the molecule is CCN(CC)c1nc(Cl)nc(NC2(Nc3ccnnn3)C=CC3=CC(c4ccccc4)C(=O)OC3=C2)n1. The molecule has 0 radical (unpaired) electrons. The number of hydrogen-bond donors (Lipinski definition) is 2. The zero-order chi connectivity index (χ0) is 25.8. The lowest BCUT2D eigenvalue weighted by Gasteiger charge is -2.35. The molecule has 1 aromatic carbocycles. The zero-order valence-electron chi connectivity index (χ0n) is 20.2. The van der Waals surface area contributed by atoms with Crippen LogP contribution in [0.2, 0.25) is 5.28 Å². The maximum atomic E-state index is 12.9. The van der Waals surface area contributed by atoms with Crippen molar-refractivity contribution < 1.29 is 9.53 Å². The van der Waals surface area contributed by atoms with E-state index in [9.17, 15) is 4.79 Å². The molecule has 5 rings (SSSR count). The third kappa shape index (κ3) is 5.26. The van der Waals surface area contributed by atoms with Gasteiger partial charge in [0.15, 0.2) is 11.5 Å². The molecule has 12 heteroatoms. The van der Waals surface area contributed by atoms with E-state index < -0.39 is 11.6 Å². The number of rotatable bonds is 8. The molecule has 11 nitrogen and oxygen atoms in total. The summed E-state index contributed by atoms with van der Waals surface area (Å²) >= 11 is 6.24. The predicted molar refractivity (Wildman–Crippen MR) is 139 cm³/mol. The average molecular weight is 518 g/mol. The molecule has 37 heavy (non-hydrogen) atoms. The maximum absolute atomic E-state index is 12.9. The second-order valence-corrected chi connectivity index (χ2v) is 8.64. The van der Waals surface area contributed by atoms with Crippen LogP contribution in [0.15, 0.2) is 78.2 Å². The number of nitrogens with zero attached hydrogens (tertiary/aromatic N) is 7. The van der Waals surface area contributed by atoms with Gasteiger partial charge in [-0.15, -0.1) is 10.2 Å². The van der Waals surface area contributed by atoms with Gasteiger partial charge < -0.3 is 20.3 Å². The fourth-order valence-corrected chi connectivity index (χ4v) is 4.27. The highest BCUT2D eigenvalue weighted by Crippen LogP contribution is 2.36. The summed E-state index contributed by atoms with van der Waals surface area (Å²) in [6.07, 6.45) is 8.85. The summed E-state index contributed by atoms with van der Waals surface area (Å²) in [4.78, 5) is 28.0. The number of nitrogens with one attached hydrogen (secondary N) is 2. The molecule has 0 saturated heterocycles. The van der Waals surface area contributed by atoms with Crippen LogP contribution in [0.4, 0.5) is 17.7 Å². The van der Waals surface area contributed by atoms with Gasteiger partial charge in [-0.05, 0) is 42.3 Å². The summed E-state index contributed by atoms with van der Waals surface area (Å²) in [6.45, 7) is 5.40. The van der Waals surface area contributed by atoms with Crippen LogP contribution in [0.25, 0.3) is 0 Å². The van der Waals surface area contributed by atoms with Gasteiger partial charge >= 0.3 is 5.97 Å². The number of fused-ring (bicyclic) bond motifs is 1. The monoisotopic (exact) mass is 517 g/mol. The molecule has 188 valence electrons. The number of aromatic nitrogens is 6. The number of ether oxygens (including phenoxy) is 1. The number of esters is 1. The van der Waals surface area contributed by atoms with Crippen molar-refractivity contribution in [3.63, 3.8) is 0 Å². The summed E-state index contributed by atoms with van der Waals surface area (Å²) in [7, 11) is 0. The molecule has 0 spiro atoms. The molecular weight excluding hydrogens is 494 g/mol. The zero-order valence-corrected chi connectivity index (χ0v) is 20.9. The number of carbonyl (C=O) groups is 1. The highest BCUT2D eigenvalue weighted by molar-refractivity contribution is 6.28. The Morgan fingerprint density at radius 3 is 2.62 bits per heavy atom. The molecule has 0 bridgehead atoms. The van der Waals surface area contributed by atoms with Crippen molar-refractivity contribution in [1.82, 2.24) is 30.4 Å². The van der Waals surface area contributed by atoms with Crippen LogP contribution in [0.3, 0.4) is 0 Å².